The SMILES string of the molecule is CCCC1C(=O)NC(C)C(=O)N1CCCC(C)C. The normalized spacial score (nSPS) is 24.6. The third-order valence-corrected chi connectivity index (χ3v) is 3.43. The van der Waals surface area contributed by atoms with E-state index >= 15 is 0 Å². The van der Waals surface area contributed by atoms with Crippen LogP contribution < -0.4 is 5.32 Å². The van der Waals surface area contributed by atoms with Crippen LogP contribution in [-0.4, -0.2) is 35.3 Å². The van der Waals surface area contributed by atoms with Gasteiger partial charge >= 0.3 is 0 Å². The first-order valence-electron chi connectivity index (χ1n) is 7.08. The van der Waals surface area contributed by atoms with Gasteiger partial charge < -0.3 is 10.2 Å². The number of carbonyl (C=O) groups is 2. The van der Waals surface area contributed by atoms with Crippen molar-refractivity contribution < 1.29 is 9.59 Å². The Morgan fingerprint density at radius 1 is 1.33 bits per heavy atom. The number of nitrogens with one attached hydrogen (secondary N) is 1. The molecule has 0 aromatic rings. The zero-order valence-corrected chi connectivity index (χ0v) is 12.0. The first-order chi connectivity index (χ1) is 8.47. The Bertz CT molecular complexity index is 302. The van der Waals surface area contributed by atoms with Crippen LogP contribution in [0.5, 0.6) is 0 Å². The Labute approximate surface area is 110 Å². The lowest BCUT2D eigenvalue weighted by Gasteiger charge is -2.38. The Balaban J connectivity index is 2.66. The summed E-state index contributed by atoms with van der Waals surface area (Å²) in [6, 6.07) is -0.629. The molecule has 0 aliphatic carbocycles. The van der Waals surface area contributed by atoms with Crippen molar-refractivity contribution in [3.63, 3.8) is 0 Å². The highest BCUT2D eigenvalue weighted by molar-refractivity contribution is 5.96. The molecule has 0 aromatic carbocycles. The number of amides is 2. The molecule has 0 saturated carbocycles. The minimum Gasteiger partial charge on any atom is -0.343 e. The molecule has 18 heavy (non-hydrogen) atoms. The van der Waals surface area contributed by atoms with Crippen LogP contribution in [0.1, 0.15) is 53.4 Å². The second-order valence-corrected chi connectivity index (χ2v) is 5.60. The second-order valence-electron chi connectivity index (χ2n) is 5.60. The molecule has 0 radical (unpaired) electrons. The molecular formula is C14H26N2O2. The molecule has 1 aliphatic rings. The van der Waals surface area contributed by atoms with Gasteiger partial charge in [0.25, 0.3) is 0 Å². The molecule has 0 bridgehead atoms. The van der Waals surface area contributed by atoms with E-state index in [2.05, 4.69) is 19.2 Å². The van der Waals surface area contributed by atoms with Gasteiger partial charge in [-0.15, -0.1) is 0 Å². The fourth-order valence-corrected chi connectivity index (χ4v) is 2.41. The van der Waals surface area contributed by atoms with Gasteiger partial charge in [0.05, 0.1) is 0 Å². The summed E-state index contributed by atoms with van der Waals surface area (Å²) in [5.74, 6) is 0.714. The number of nitrogens with zero attached hydrogens (tertiary/aromatic N) is 1. The van der Waals surface area contributed by atoms with Crippen molar-refractivity contribution in [2.24, 2.45) is 5.92 Å². The average molecular weight is 254 g/mol. The molecule has 2 unspecified atom stereocenters. The molecule has 1 N–H and O–H groups in total. The lowest BCUT2D eigenvalue weighted by Crippen LogP contribution is -2.62. The standard InChI is InChI=1S/C14H26N2O2/c1-5-7-12-13(17)15-11(4)14(18)16(12)9-6-8-10(2)3/h10-12H,5-9H2,1-4H3,(H,15,17). The van der Waals surface area contributed by atoms with Crippen LogP contribution in [0.3, 0.4) is 0 Å². The van der Waals surface area contributed by atoms with Gasteiger partial charge in [0.15, 0.2) is 0 Å². The summed E-state index contributed by atoms with van der Waals surface area (Å²) >= 11 is 0. The molecule has 2 atom stereocenters. The van der Waals surface area contributed by atoms with Crippen molar-refractivity contribution in [1.29, 1.82) is 0 Å². The van der Waals surface area contributed by atoms with Gasteiger partial charge in [-0.05, 0) is 32.1 Å². The maximum absolute atomic E-state index is 12.1. The van der Waals surface area contributed by atoms with Crippen LogP contribution in [-0.2, 0) is 9.59 Å². The Morgan fingerprint density at radius 3 is 2.56 bits per heavy atom. The summed E-state index contributed by atoms with van der Waals surface area (Å²) in [5, 5.41) is 2.76. The third kappa shape index (κ3) is 3.72. The molecule has 104 valence electrons. The number of rotatable bonds is 6. The monoisotopic (exact) mass is 254 g/mol. The van der Waals surface area contributed by atoms with Crippen molar-refractivity contribution >= 4 is 11.8 Å². The predicted octanol–water partition coefficient (Wildman–Crippen LogP) is 1.94. The van der Waals surface area contributed by atoms with Crippen LogP contribution in [0.25, 0.3) is 0 Å². The number of piperazine rings is 1. The fourth-order valence-electron chi connectivity index (χ4n) is 2.41. The first kappa shape index (κ1) is 15.0. The van der Waals surface area contributed by atoms with Crippen LogP contribution in [0.4, 0.5) is 0 Å². The van der Waals surface area contributed by atoms with Gasteiger partial charge in [0.2, 0.25) is 11.8 Å². The molecule has 1 aliphatic heterocycles. The number of hydrogen-bond donors (Lipinski definition) is 1. The molecule has 4 nitrogen and oxygen atoms in total. The molecule has 4 heteroatoms. The van der Waals surface area contributed by atoms with Crippen molar-refractivity contribution in [1.82, 2.24) is 10.2 Å². The second kappa shape index (κ2) is 6.76. The van der Waals surface area contributed by atoms with E-state index in [1.165, 1.54) is 0 Å². The average Bonchev–Trinajstić information content (AvgIpc) is 2.29. The highest BCUT2D eigenvalue weighted by Crippen LogP contribution is 2.16. The van der Waals surface area contributed by atoms with E-state index in [-0.39, 0.29) is 23.9 Å². The highest BCUT2D eigenvalue weighted by atomic mass is 16.2. The van der Waals surface area contributed by atoms with Crippen molar-refractivity contribution in [2.45, 2.75) is 65.5 Å². The topological polar surface area (TPSA) is 49.4 Å². The fraction of sp³-hybridized carbons (Fsp3) is 0.857. The van der Waals surface area contributed by atoms with Gasteiger partial charge in [0.1, 0.15) is 12.1 Å². The van der Waals surface area contributed by atoms with E-state index < -0.39 is 0 Å². The Kier molecular flexibility index (Phi) is 5.63. The van der Waals surface area contributed by atoms with Crippen LogP contribution in [0.15, 0.2) is 0 Å². The van der Waals surface area contributed by atoms with Gasteiger partial charge in [-0.25, -0.2) is 0 Å². The van der Waals surface area contributed by atoms with Gasteiger partial charge in [-0.3, -0.25) is 9.59 Å². The number of hydrogen-bond acceptors (Lipinski definition) is 2. The van der Waals surface area contributed by atoms with E-state index in [0.29, 0.717) is 12.5 Å². The molecule has 1 heterocycles. The molecule has 2 amide bonds. The van der Waals surface area contributed by atoms with Crippen molar-refractivity contribution in [3.05, 3.63) is 0 Å². The Hall–Kier alpha value is -1.06. The lowest BCUT2D eigenvalue weighted by molar-refractivity contribution is -0.149. The first-order valence-corrected chi connectivity index (χ1v) is 7.08. The van der Waals surface area contributed by atoms with Crippen molar-refractivity contribution in [3.8, 4) is 0 Å². The van der Waals surface area contributed by atoms with Crippen LogP contribution >= 0.6 is 0 Å². The number of carbonyl (C=O) groups excluding carboxylic acids is 2. The molecule has 1 fully saturated rings. The van der Waals surface area contributed by atoms with E-state index in [1.807, 2.05) is 6.92 Å². The van der Waals surface area contributed by atoms with E-state index in [1.54, 1.807) is 11.8 Å². The summed E-state index contributed by atoms with van der Waals surface area (Å²) in [7, 11) is 0. The van der Waals surface area contributed by atoms with Crippen LogP contribution in [0, 0.1) is 5.92 Å². The molecule has 1 saturated heterocycles. The molecule has 1 rings (SSSR count). The molecule has 0 spiro atoms. The Morgan fingerprint density at radius 2 is 2.00 bits per heavy atom. The van der Waals surface area contributed by atoms with Crippen molar-refractivity contribution in [2.75, 3.05) is 6.54 Å². The van der Waals surface area contributed by atoms with Crippen LogP contribution in [0.2, 0.25) is 0 Å². The van der Waals surface area contributed by atoms with E-state index in [9.17, 15) is 9.59 Å². The minimum absolute atomic E-state index is 0.00787. The summed E-state index contributed by atoms with van der Waals surface area (Å²) in [6.45, 7) is 8.87. The maximum atomic E-state index is 12.1. The zero-order valence-electron chi connectivity index (χ0n) is 12.0. The lowest BCUT2D eigenvalue weighted by atomic mass is 10.0. The summed E-state index contributed by atoms with van der Waals surface area (Å²) in [4.78, 5) is 25.9. The van der Waals surface area contributed by atoms with Gasteiger partial charge in [-0.2, -0.15) is 0 Å². The summed E-state index contributed by atoms with van der Waals surface area (Å²) < 4.78 is 0. The van der Waals surface area contributed by atoms with E-state index in [4.69, 9.17) is 0 Å². The zero-order chi connectivity index (χ0) is 13.7. The molecule has 0 aromatic heterocycles. The summed E-state index contributed by atoms with van der Waals surface area (Å²) in [5.41, 5.74) is 0. The highest BCUT2D eigenvalue weighted by Gasteiger charge is 2.37. The van der Waals surface area contributed by atoms with Gasteiger partial charge in [-0.1, -0.05) is 27.2 Å². The van der Waals surface area contributed by atoms with Gasteiger partial charge in [0, 0.05) is 6.54 Å². The maximum Gasteiger partial charge on any atom is 0.245 e. The largest absolute Gasteiger partial charge is 0.343 e. The predicted molar refractivity (Wildman–Crippen MR) is 72.1 cm³/mol. The smallest absolute Gasteiger partial charge is 0.245 e. The minimum atomic E-state index is -0.371. The molecular weight excluding hydrogens is 228 g/mol. The third-order valence-electron chi connectivity index (χ3n) is 3.43. The summed E-state index contributed by atoms with van der Waals surface area (Å²) in [6.07, 6.45) is 3.74. The quantitative estimate of drug-likeness (QED) is 0.787. The van der Waals surface area contributed by atoms with E-state index in [0.717, 1.165) is 25.7 Å².